The molecule has 0 unspecified atom stereocenters. The minimum absolute atomic E-state index is 0.0197. The van der Waals surface area contributed by atoms with Crippen LogP contribution < -0.4 is 5.32 Å². The molecule has 0 bridgehead atoms. The summed E-state index contributed by atoms with van der Waals surface area (Å²) in [6.45, 7) is 4.15. The smallest absolute Gasteiger partial charge is 0.244 e. The first kappa shape index (κ1) is 17.0. The van der Waals surface area contributed by atoms with E-state index in [0.29, 0.717) is 6.54 Å². The van der Waals surface area contributed by atoms with Crippen LogP contribution in [0.5, 0.6) is 0 Å². The van der Waals surface area contributed by atoms with Crippen molar-refractivity contribution in [3.8, 4) is 0 Å². The molecule has 0 radical (unpaired) electrons. The number of hydrogen-bond donors (Lipinski definition) is 1. The van der Waals surface area contributed by atoms with E-state index in [2.05, 4.69) is 5.32 Å². The van der Waals surface area contributed by atoms with Crippen LogP contribution in [0.4, 0.5) is 0 Å². The number of piperidine rings is 1. The Balaban J connectivity index is 2.39. The second kappa shape index (κ2) is 7.29. The highest BCUT2D eigenvalue weighted by molar-refractivity contribution is 7.89. The van der Waals surface area contributed by atoms with E-state index in [0.717, 1.165) is 32.4 Å². The fraction of sp³-hybridized carbons (Fsp3) is 0.571. The molecule has 21 heavy (non-hydrogen) atoms. The van der Waals surface area contributed by atoms with Gasteiger partial charge in [0.25, 0.3) is 0 Å². The normalized spacial score (nSPS) is 17.3. The molecule has 1 N–H and O–H groups in total. The van der Waals surface area contributed by atoms with Crippen molar-refractivity contribution in [1.82, 2.24) is 9.62 Å². The van der Waals surface area contributed by atoms with Crippen molar-refractivity contribution in [2.24, 2.45) is 0 Å². The molecular weight excluding hydrogens is 331 g/mol. The van der Waals surface area contributed by atoms with Gasteiger partial charge in [-0.1, -0.05) is 36.2 Å². The topological polar surface area (TPSA) is 49.4 Å². The maximum atomic E-state index is 13.0. The monoisotopic (exact) mass is 350 g/mol. The summed E-state index contributed by atoms with van der Waals surface area (Å²) in [5, 5.41) is 3.62. The van der Waals surface area contributed by atoms with Crippen molar-refractivity contribution in [1.29, 1.82) is 0 Å². The summed E-state index contributed by atoms with van der Waals surface area (Å²) < 4.78 is 27.5. The predicted molar refractivity (Wildman–Crippen MR) is 86.5 cm³/mol. The lowest BCUT2D eigenvalue weighted by molar-refractivity contribution is 0.262. The third-order valence-corrected chi connectivity index (χ3v) is 6.59. The van der Waals surface area contributed by atoms with Gasteiger partial charge in [-0.25, -0.2) is 8.42 Å². The lowest BCUT2D eigenvalue weighted by atomic mass is 10.1. The summed E-state index contributed by atoms with van der Waals surface area (Å²) in [6, 6.07) is 4.75. The third-order valence-electron chi connectivity index (χ3n) is 3.66. The van der Waals surface area contributed by atoms with Crippen molar-refractivity contribution in [2.45, 2.75) is 37.1 Å². The van der Waals surface area contributed by atoms with Crippen molar-refractivity contribution in [3.05, 3.63) is 28.2 Å². The van der Waals surface area contributed by atoms with E-state index in [1.54, 1.807) is 16.4 Å². The van der Waals surface area contributed by atoms with Crippen LogP contribution in [-0.2, 0) is 10.0 Å². The number of rotatable bonds is 5. The molecule has 1 heterocycles. The van der Waals surface area contributed by atoms with Gasteiger partial charge in [0.15, 0.2) is 0 Å². The Bertz CT molecular complexity index is 587. The molecule has 4 nitrogen and oxygen atoms in total. The number of nitrogens with one attached hydrogen (secondary N) is 1. The number of hydrogen-bond acceptors (Lipinski definition) is 3. The molecular formula is C14H20Cl2N2O2S. The predicted octanol–water partition coefficient (Wildman–Crippen LogP) is 3.15. The minimum Gasteiger partial charge on any atom is -0.317 e. The number of sulfonamides is 1. The molecule has 2 rings (SSSR count). The first-order chi connectivity index (χ1) is 9.98. The quantitative estimate of drug-likeness (QED) is 0.887. The molecule has 0 aromatic heterocycles. The zero-order chi connectivity index (χ0) is 15.5. The van der Waals surface area contributed by atoms with E-state index >= 15 is 0 Å². The molecule has 1 aromatic carbocycles. The van der Waals surface area contributed by atoms with Crippen LogP contribution in [0.25, 0.3) is 0 Å². The highest BCUT2D eigenvalue weighted by Gasteiger charge is 2.33. The summed E-state index contributed by atoms with van der Waals surface area (Å²) in [4.78, 5) is 0.101. The van der Waals surface area contributed by atoms with Crippen LogP contribution in [0.1, 0.15) is 26.2 Å². The fourth-order valence-electron chi connectivity index (χ4n) is 2.62. The molecule has 0 atom stereocenters. The van der Waals surface area contributed by atoms with Crippen molar-refractivity contribution < 1.29 is 8.42 Å². The van der Waals surface area contributed by atoms with Crippen LogP contribution in [0.3, 0.4) is 0 Å². The van der Waals surface area contributed by atoms with Gasteiger partial charge in [-0.05, 0) is 44.5 Å². The maximum absolute atomic E-state index is 13.0. The molecule has 1 aromatic rings. The second-order valence-electron chi connectivity index (χ2n) is 5.15. The van der Waals surface area contributed by atoms with Gasteiger partial charge >= 0.3 is 0 Å². The second-order valence-corrected chi connectivity index (χ2v) is 7.79. The molecule has 7 heteroatoms. The minimum atomic E-state index is -3.63. The molecule has 1 aliphatic rings. The van der Waals surface area contributed by atoms with E-state index in [9.17, 15) is 8.42 Å². The van der Waals surface area contributed by atoms with Crippen LogP contribution in [0, 0.1) is 0 Å². The first-order valence-corrected chi connectivity index (χ1v) is 9.34. The van der Waals surface area contributed by atoms with Gasteiger partial charge in [0, 0.05) is 12.6 Å². The molecule has 0 aliphatic carbocycles. The molecule has 0 spiro atoms. The SMILES string of the molecule is CCCN(C1CCNCC1)S(=O)(=O)c1cccc(Cl)c1Cl. The summed E-state index contributed by atoms with van der Waals surface area (Å²) >= 11 is 12.1. The van der Waals surface area contributed by atoms with Gasteiger partial charge in [-0.3, -0.25) is 0 Å². The Hall–Kier alpha value is -0.330. The van der Waals surface area contributed by atoms with Gasteiger partial charge in [0.1, 0.15) is 4.90 Å². The van der Waals surface area contributed by atoms with Crippen molar-refractivity contribution in [3.63, 3.8) is 0 Å². The molecule has 0 amide bonds. The van der Waals surface area contributed by atoms with Gasteiger partial charge < -0.3 is 5.32 Å². The van der Waals surface area contributed by atoms with Gasteiger partial charge in [-0.2, -0.15) is 4.31 Å². The van der Waals surface area contributed by atoms with E-state index in [-0.39, 0.29) is 21.0 Å². The summed E-state index contributed by atoms with van der Waals surface area (Å²) in [5.41, 5.74) is 0. The lowest BCUT2D eigenvalue weighted by Gasteiger charge is -2.33. The Morgan fingerprint density at radius 3 is 2.57 bits per heavy atom. The van der Waals surface area contributed by atoms with Crippen LogP contribution in [-0.4, -0.2) is 38.4 Å². The van der Waals surface area contributed by atoms with Crippen LogP contribution in [0.15, 0.2) is 23.1 Å². The zero-order valence-electron chi connectivity index (χ0n) is 12.0. The van der Waals surface area contributed by atoms with E-state index in [1.807, 2.05) is 6.92 Å². The Labute approximate surface area is 136 Å². The lowest BCUT2D eigenvalue weighted by Crippen LogP contribution is -2.46. The Morgan fingerprint density at radius 2 is 1.95 bits per heavy atom. The maximum Gasteiger partial charge on any atom is 0.244 e. The molecule has 0 saturated carbocycles. The third kappa shape index (κ3) is 3.71. The van der Waals surface area contributed by atoms with Crippen LogP contribution >= 0.6 is 23.2 Å². The number of benzene rings is 1. The van der Waals surface area contributed by atoms with E-state index < -0.39 is 10.0 Å². The van der Waals surface area contributed by atoms with E-state index in [4.69, 9.17) is 23.2 Å². The Kier molecular flexibility index (Phi) is 5.91. The van der Waals surface area contributed by atoms with Gasteiger partial charge in [0.05, 0.1) is 10.0 Å². The van der Waals surface area contributed by atoms with Crippen molar-refractivity contribution >= 4 is 33.2 Å². The van der Waals surface area contributed by atoms with E-state index in [1.165, 1.54) is 6.07 Å². The molecule has 1 fully saturated rings. The van der Waals surface area contributed by atoms with Gasteiger partial charge in [0.2, 0.25) is 10.0 Å². The summed E-state index contributed by atoms with van der Waals surface area (Å²) in [6.07, 6.45) is 2.40. The zero-order valence-corrected chi connectivity index (χ0v) is 14.3. The highest BCUT2D eigenvalue weighted by atomic mass is 35.5. The molecule has 1 aliphatic heterocycles. The van der Waals surface area contributed by atoms with Crippen molar-refractivity contribution in [2.75, 3.05) is 19.6 Å². The first-order valence-electron chi connectivity index (χ1n) is 7.15. The number of nitrogens with zero attached hydrogens (tertiary/aromatic N) is 1. The summed E-state index contributed by atoms with van der Waals surface area (Å²) in [7, 11) is -3.63. The molecule has 1 saturated heterocycles. The molecule has 118 valence electrons. The standard InChI is InChI=1S/C14H20Cl2N2O2S/c1-2-10-18(11-6-8-17-9-7-11)21(19,20)13-5-3-4-12(15)14(13)16/h3-5,11,17H,2,6-10H2,1H3. The highest BCUT2D eigenvalue weighted by Crippen LogP contribution is 2.32. The average molecular weight is 351 g/mol. The van der Waals surface area contributed by atoms with Gasteiger partial charge in [-0.15, -0.1) is 0 Å². The average Bonchev–Trinajstić information content (AvgIpc) is 2.48. The van der Waals surface area contributed by atoms with Crippen LogP contribution in [0.2, 0.25) is 10.0 Å². The largest absolute Gasteiger partial charge is 0.317 e. The number of halogens is 2. The Morgan fingerprint density at radius 1 is 1.29 bits per heavy atom. The fourth-order valence-corrected chi connectivity index (χ4v) is 5.14. The summed E-state index contributed by atoms with van der Waals surface area (Å²) in [5.74, 6) is 0.